The molecule has 0 saturated heterocycles. The molecule has 5 nitrogen and oxygen atoms in total. The number of ether oxygens (including phenoxy) is 1. The van der Waals surface area contributed by atoms with Gasteiger partial charge in [-0.05, 0) is 31.2 Å². The molecule has 1 amide bonds. The van der Waals surface area contributed by atoms with Gasteiger partial charge < -0.3 is 20.3 Å². The number of carbonyl (C=O) groups excluding carboxylic acids is 1. The Bertz CT molecular complexity index is 734. The summed E-state index contributed by atoms with van der Waals surface area (Å²) < 4.78 is 6.01. The zero-order valence-corrected chi connectivity index (χ0v) is 15.7. The van der Waals surface area contributed by atoms with Crippen LogP contribution in [0.15, 0.2) is 48.5 Å². The summed E-state index contributed by atoms with van der Waals surface area (Å²) in [7, 11) is 0. The van der Waals surface area contributed by atoms with Crippen LogP contribution in [0.4, 0.5) is 0 Å². The number of nitrogens with one attached hydrogen (secondary N) is 1. The molecular formula is C21H27NO4. The monoisotopic (exact) mass is 357 g/mol. The molecule has 26 heavy (non-hydrogen) atoms. The first-order chi connectivity index (χ1) is 12.2. The summed E-state index contributed by atoms with van der Waals surface area (Å²) in [5, 5.41) is 23.0. The van der Waals surface area contributed by atoms with E-state index in [1.54, 1.807) is 12.1 Å². The van der Waals surface area contributed by atoms with Gasteiger partial charge in [0, 0.05) is 12.0 Å². The fraction of sp³-hybridized carbons (Fsp3) is 0.381. The Kier molecular flexibility index (Phi) is 6.27. The number of phenolic OH excluding ortho intramolecular Hbond substituents is 1. The maximum atomic E-state index is 12.2. The van der Waals surface area contributed by atoms with Gasteiger partial charge >= 0.3 is 0 Å². The van der Waals surface area contributed by atoms with Crippen LogP contribution < -0.4 is 10.1 Å². The van der Waals surface area contributed by atoms with Crippen molar-refractivity contribution in [1.29, 1.82) is 0 Å². The molecule has 0 spiro atoms. The molecule has 0 saturated carbocycles. The summed E-state index contributed by atoms with van der Waals surface area (Å²) in [5.74, 6) is 0.134. The lowest BCUT2D eigenvalue weighted by molar-refractivity contribution is -0.0251. The van der Waals surface area contributed by atoms with Crippen LogP contribution in [0.1, 0.15) is 36.7 Å². The molecule has 0 aliphatic carbocycles. The average Bonchev–Trinajstić information content (AvgIpc) is 2.58. The number of hydrogen-bond donors (Lipinski definition) is 3. The van der Waals surface area contributed by atoms with Crippen LogP contribution in [0.3, 0.4) is 0 Å². The molecular weight excluding hydrogens is 330 g/mol. The minimum atomic E-state index is -0.911. The van der Waals surface area contributed by atoms with Crippen LogP contribution in [-0.2, 0) is 0 Å². The predicted molar refractivity (Wildman–Crippen MR) is 101 cm³/mol. The van der Waals surface area contributed by atoms with Gasteiger partial charge in [-0.25, -0.2) is 0 Å². The largest absolute Gasteiger partial charge is 0.507 e. The summed E-state index contributed by atoms with van der Waals surface area (Å²) in [4.78, 5) is 12.2. The van der Waals surface area contributed by atoms with Crippen molar-refractivity contribution >= 4 is 5.91 Å². The summed E-state index contributed by atoms with van der Waals surface area (Å²) in [6.45, 7) is 7.93. The highest BCUT2D eigenvalue weighted by atomic mass is 16.5. The van der Waals surface area contributed by atoms with E-state index in [0.29, 0.717) is 5.75 Å². The molecule has 3 N–H and O–H groups in total. The minimum Gasteiger partial charge on any atom is -0.507 e. The van der Waals surface area contributed by atoms with Crippen molar-refractivity contribution in [2.24, 2.45) is 5.41 Å². The maximum absolute atomic E-state index is 12.2. The molecule has 0 fully saturated rings. The SMILES string of the molecule is Cc1ccc(OC(C(O)CNC(=O)c2ccccc2O)C(C)(C)C)cc1. The third kappa shape index (κ3) is 5.23. The molecule has 0 radical (unpaired) electrons. The van der Waals surface area contributed by atoms with Gasteiger partial charge in [-0.2, -0.15) is 0 Å². The Labute approximate surface area is 154 Å². The first kappa shape index (κ1) is 19.8. The molecule has 2 rings (SSSR count). The van der Waals surface area contributed by atoms with Crippen molar-refractivity contribution in [1.82, 2.24) is 5.32 Å². The van der Waals surface area contributed by atoms with E-state index in [0.717, 1.165) is 5.56 Å². The van der Waals surface area contributed by atoms with Crippen LogP contribution in [0, 0.1) is 12.3 Å². The minimum absolute atomic E-state index is 0.0148. The van der Waals surface area contributed by atoms with Gasteiger partial charge in [0.1, 0.15) is 23.7 Å². The van der Waals surface area contributed by atoms with Gasteiger partial charge in [0.25, 0.3) is 5.91 Å². The molecule has 2 atom stereocenters. The first-order valence-electron chi connectivity index (χ1n) is 8.66. The number of aliphatic hydroxyl groups is 1. The highest BCUT2D eigenvalue weighted by Gasteiger charge is 2.33. The second-order valence-corrected chi connectivity index (χ2v) is 7.51. The maximum Gasteiger partial charge on any atom is 0.255 e. The van der Waals surface area contributed by atoms with Gasteiger partial charge in [0.15, 0.2) is 0 Å². The van der Waals surface area contributed by atoms with E-state index in [4.69, 9.17) is 4.74 Å². The highest BCUT2D eigenvalue weighted by Crippen LogP contribution is 2.27. The average molecular weight is 357 g/mol. The standard InChI is InChI=1S/C21H27NO4/c1-14-9-11-15(12-10-14)26-19(21(2,3)4)18(24)13-22-20(25)16-7-5-6-8-17(16)23/h5-12,18-19,23-24H,13H2,1-4H3,(H,22,25). The number of carbonyl (C=O) groups is 1. The Morgan fingerprint density at radius 3 is 2.31 bits per heavy atom. The van der Waals surface area contributed by atoms with E-state index in [-0.39, 0.29) is 23.3 Å². The summed E-state index contributed by atoms with van der Waals surface area (Å²) in [6.07, 6.45) is -1.43. The molecule has 0 aliphatic heterocycles. The number of phenols is 1. The summed E-state index contributed by atoms with van der Waals surface area (Å²) in [6, 6.07) is 13.9. The fourth-order valence-electron chi connectivity index (χ4n) is 2.66. The first-order valence-corrected chi connectivity index (χ1v) is 8.66. The number of aryl methyl sites for hydroxylation is 1. The van der Waals surface area contributed by atoms with Gasteiger partial charge in [0.2, 0.25) is 0 Å². The zero-order valence-electron chi connectivity index (χ0n) is 15.7. The number of benzene rings is 2. The van der Waals surface area contributed by atoms with Crippen molar-refractivity contribution in [2.45, 2.75) is 39.9 Å². The van der Waals surface area contributed by atoms with Crippen molar-refractivity contribution in [2.75, 3.05) is 6.54 Å². The van der Waals surface area contributed by atoms with Gasteiger partial charge in [-0.1, -0.05) is 50.6 Å². The molecule has 2 aromatic rings. The van der Waals surface area contributed by atoms with Crippen LogP contribution in [0.5, 0.6) is 11.5 Å². The Morgan fingerprint density at radius 1 is 1.12 bits per heavy atom. The van der Waals surface area contributed by atoms with Crippen LogP contribution in [0.2, 0.25) is 0 Å². The zero-order chi connectivity index (χ0) is 19.3. The number of amides is 1. The Hall–Kier alpha value is -2.53. The van der Waals surface area contributed by atoms with E-state index < -0.39 is 18.1 Å². The molecule has 0 bridgehead atoms. The number of para-hydroxylation sites is 1. The fourth-order valence-corrected chi connectivity index (χ4v) is 2.66. The van der Waals surface area contributed by atoms with Crippen LogP contribution in [0.25, 0.3) is 0 Å². The lowest BCUT2D eigenvalue weighted by Gasteiger charge is -2.34. The number of aliphatic hydroxyl groups excluding tert-OH is 1. The number of aromatic hydroxyl groups is 1. The molecule has 5 heteroatoms. The number of rotatable bonds is 6. The van der Waals surface area contributed by atoms with Gasteiger partial charge in [-0.15, -0.1) is 0 Å². The van der Waals surface area contributed by atoms with Crippen LogP contribution >= 0.6 is 0 Å². The van der Waals surface area contributed by atoms with E-state index in [2.05, 4.69) is 5.32 Å². The Balaban J connectivity index is 2.05. The lowest BCUT2D eigenvalue weighted by atomic mass is 9.85. The van der Waals surface area contributed by atoms with Crippen LogP contribution in [-0.4, -0.2) is 34.9 Å². The van der Waals surface area contributed by atoms with Gasteiger partial charge in [0.05, 0.1) is 5.56 Å². The molecule has 140 valence electrons. The molecule has 2 unspecified atom stereocenters. The quantitative estimate of drug-likeness (QED) is 0.741. The lowest BCUT2D eigenvalue weighted by Crippen LogP contribution is -2.48. The van der Waals surface area contributed by atoms with E-state index in [1.807, 2.05) is 52.0 Å². The smallest absolute Gasteiger partial charge is 0.255 e. The third-order valence-electron chi connectivity index (χ3n) is 4.11. The number of hydrogen-bond acceptors (Lipinski definition) is 4. The topological polar surface area (TPSA) is 78.8 Å². The van der Waals surface area contributed by atoms with E-state index in [1.165, 1.54) is 12.1 Å². The van der Waals surface area contributed by atoms with Gasteiger partial charge in [-0.3, -0.25) is 4.79 Å². The van der Waals surface area contributed by atoms with E-state index >= 15 is 0 Å². The highest BCUT2D eigenvalue weighted by molar-refractivity contribution is 5.96. The Morgan fingerprint density at radius 2 is 1.73 bits per heavy atom. The van der Waals surface area contributed by atoms with Crippen molar-refractivity contribution in [3.8, 4) is 11.5 Å². The van der Waals surface area contributed by atoms with Crippen molar-refractivity contribution in [3.63, 3.8) is 0 Å². The molecule has 0 aliphatic rings. The van der Waals surface area contributed by atoms with E-state index in [9.17, 15) is 15.0 Å². The second-order valence-electron chi connectivity index (χ2n) is 7.51. The summed E-state index contributed by atoms with van der Waals surface area (Å²) >= 11 is 0. The molecule has 2 aromatic carbocycles. The molecule has 0 aromatic heterocycles. The predicted octanol–water partition coefficient (Wildman–Crippen LogP) is 3.29. The summed E-state index contributed by atoms with van der Waals surface area (Å²) in [5.41, 5.74) is 0.954. The van der Waals surface area contributed by atoms with Crippen molar-refractivity contribution in [3.05, 3.63) is 59.7 Å². The second kappa shape index (κ2) is 8.23. The third-order valence-corrected chi connectivity index (χ3v) is 4.11. The van der Waals surface area contributed by atoms with Crippen molar-refractivity contribution < 1.29 is 19.7 Å². The normalized spacial score (nSPS) is 13.7. The molecule has 0 heterocycles.